The fraction of sp³-hybridized carbons (Fsp3) is 0.500. The summed E-state index contributed by atoms with van der Waals surface area (Å²) >= 11 is 0. The van der Waals surface area contributed by atoms with E-state index in [4.69, 9.17) is 10.5 Å². The lowest BCUT2D eigenvalue weighted by Gasteiger charge is -2.16. The van der Waals surface area contributed by atoms with E-state index in [1.807, 2.05) is 13.8 Å². The van der Waals surface area contributed by atoms with E-state index >= 15 is 0 Å². The van der Waals surface area contributed by atoms with Crippen LogP contribution in [0.3, 0.4) is 0 Å². The molecule has 1 aromatic rings. The van der Waals surface area contributed by atoms with E-state index in [0.29, 0.717) is 29.6 Å². The minimum absolute atomic E-state index is 0.114. The summed E-state index contributed by atoms with van der Waals surface area (Å²) in [6, 6.07) is 5.20. The van der Waals surface area contributed by atoms with Gasteiger partial charge in [0.25, 0.3) is 0 Å². The van der Waals surface area contributed by atoms with Crippen molar-refractivity contribution in [2.24, 2.45) is 0 Å². The van der Waals surface area contributed by atoms with Crippen LogP contribution in [0.1, 0.15) is 31.1 Å². The smallest absolute Gasteiger partial charge is 0.163 e. The highest BCUT2D eigenvalue weighted by Crippen LogP contribution is 2.22. The minimum atomic E-state index is -0.625. The average Bonchev–Trinajstić information content (AvgIpc) is 2.34. The van der Waals surface area contributed by atoms with Gasteiger partial charge in [0.1, 0.15) is 18.5 Å². The van der Waals surface area contributed by atoms with Crippen LogP contribution in [0.5, 0.6) is 5.75 Å². The molecule has 0 saturated carbocycles. The molecule has 1 atom stereocenters. The average molecular weight is 266 g/mol. The van der Waals surface area contributed by atoms with Crippen molar-refractivity contribution in [3.05, 3.63) is 23.8 Å². The topological polar surface area (TPSA) is 84.6 Å². The Morgan fingerprint density at radius 3 is 2.74 bits per heavy atom. The second kappa shape index (κ2) is 7.11. The lowest BCUT2D eigenvalue weighted by atomic mass is 10.1. The molecule has 0 aliphatic rings. The molecular weight excluding hydrogens is 244 g/mol. The van der Waals surface area contributed by atoms with Gasteiger partial charge >= 0.3 is 0 Å². The number of aliphatic hydroxyl groups excluding tert-OH is 1. The molecule has 0 bridgehead atoms. The molecule has 1 rings (SSSR count). The first-order valence-electron chi connectivity index (χ1n) is 6.35. The SMILES string of the molecule is CC(=O)c1cc(N)ccc1OCC(O)CNC(C)C. The molecule has 1 unspecified atom stereocenters. The first-order chi connectivity index (χ1) is 8.90. The van der Waals surface area contributed by atoms with Gasteiger partial charge in [-0.05, 0) is 25.1 Å². The van der Waals surface area contributed by atoms with E-state index in [1.165, 1.54) is 6.92 Å². The normalized spacial score (nSPS) is 12.5. The molecule has 4 N–H and O–H groups in total. The Kier molecular flexibility index (Phi) is 5.79. The van der Waals surface area contributed by atoms with E-state index in [1.54, 1.807) is 18.2 Å². The van der Waals surface area contributed by atoms with Crippen molar-refractivity contribution >= 4 is 11.5 Å². The summed E-state index contributed by atoms with van der Waals surface area (Å²) in [7, 11) is 0. The summed E-state index contributed by atoms with van der Waals surface area (Å²) in [5, 5.41) is 12.9. The fourth-order valence-electron chi connectivity index (χ4n) is 1.57. The summed E-state index contributed by atoms with van der Waals surface area (Å²) in [5.41, 5.74) is 6.58. The number of ether oxygens (including phenoxy) is 1. The highest BCUT2D eigenvalue weighted by molar-refractivity contribution is 5.97. The zero-order valence-electron chi connectivity index (χ0n) is 11.6. The van der Waals surface area contributed by atoms with E-state index in [-0.39, 0.29) is 12.4 Å². The number of nitrogen functional groups attached to an aromatic ring is 1. The monoisotopic (exact) mass is 266 g/mol. The summed E-state index contributed by atoms with van der Waals surface area (Å²) in [5.74, 6) is 0.336. The number of nitrogens with two attached hydrogens (primary N) is 1. The van der Waals surface area contributed by atoms with Crippen LogP contribution in [-0.4, -0.2) is 36.2 Å². The van der Waals surface area contributed by atoms with Gasteiger partial charge in [-0.25, -0.2) is 0 Å². The second-order valence-electron chi connectivity index (χ2n) is 4.84. The maximum atomic E-state index is 11.5. The summed E-state index contributed by atoms with van der Waals surface area (Å²) in [6.45, 7) is 6.03. The van der Waals surface area contributed by atoms with E-state index in [0.717, 1.165) is 0 Å². The minimum Gasteiger partial charge on any atom is -0.490 e. The van der Waals surface area contributed by atoms with Gasteiger partial charge in [0.05, 0.1) is 5.56 Å². The zero-order valence-corrected chi connectivity index (χ0v) is 11.6. The van der Waals surface area contributed by atoms with Crippen molar-refractivity contribution in [1.82, 2.24) is 5.32 Å². The Morgan fingerprint density at radius 2 is 2.16 bits per heavy atom. The number of nitrogens with one attached hydrogen (secondary N) is 1. The predicted octanol–water partition coefficient (Wildman–Crippen LogP) is 1.21. The first kappa shape index (κ1) is 15.5. The number of aliphatic hydroxyl groups is 1. The summed E-state index contributed by atoms with van der Waals surface area (Å²) in [6.07, 6.45) is -0.625. The largest absolute Gasteiger partial charge is 0.490 e. The van der Waals surface area contributed by atoms with Crippen LogP contribution in [-0.2, 0) is 0 Å². The molecule has 0 aromatic heterocycles. The maximum absolute atomic E-state index is 11.5. The molecule has 0 amide bonds. The predicted molar refractivity (Wildman–Crippen MR) is 75.5 cm³/mol. The van der Waals surface area contributed by atoms with Crippen molar-refractivity contribution < 1.29 is 14.6 Å². The molecule has 0 spiro atoms. The number of anilines is 1. The quantitative estimate of drug-likeness (QED) is 0.510. The highest BCUT2D eigenvalue weighted by Gasteiger charge is 2.11. The van der Waals surface area contributed by atoms with Crippen molar-refractivity contribution in [3.8, 4) is 5.75 Å². The van der Waals surface area contributed by atoms with Gasteiger partial charge in [-0.1, -0.05) is 13.8 Å². The van der Waals surface area contributed by atoms with Crippen LogP contribution in [0.4, 0.5) is 5.69 Å². The van der Waals surface area contributed by atoms with E-state index in [2.05, 4.69) is 5.32 Å². The Hall–Kier alpha value is -1.59. The molecule has 0 heterocycles. The highest BCUT2D eigenvalue weighted by atomic mass is 16.5. The van der Waals surface area contributed by atoms with Crippen LogP contribution in [0.15, 0.2) is 18.2 Å². The Bertz CT molecular complexity index is 433. The van der Waals surface area contributed by atoms with Crippen LogP contribution in [0, 0.1) is 0 Å². The van der Waals surface area contributed by atoms with Gasteiger partial charge in [-0.3, -0.25) is 4.79 Å². The molecule has 0 saturated heterocycles. The number of Topliss-reactive ketones (excluding diaryl/α,β-unsaturated/α-hetero) is 1. The van der Waals surface area contributed by atoms with Gasteiger partial charge in [0, 0.05) is 18.3 Å². The maximum Gasteiger partial charge on any atom is 0.163 e. The Morgan fingerprint density at radius 1 is 1.47 bits per heavy atom. The molecule has 0 aliphatic heterocycles. The Balaban J connectivity index is 2.60. The number of hydrogen-bond donors (Lipinski definition) is 3. The molecule has 0 fully saturated rings. The third kappa shape index (κ3) is 5.28. The third-order valence-electron chi connectivity index (χ3n) is 2.58. The molecule has 0 radical (unpaired) electrons. The lowest BCUT2D eigenvalue weighted by Crippen LogP contribution is -2.35. The van der Waals surface area contributed by atoms with Crippen molar-refractivity contribution in [2.45, 2.75) is 32.9 Å². The van der Waals surface area contributed by atoms with Crippen molar-refractivity contribution in [2.75, 3.05) is 18.9 Å². The zero-order chi connectivity index (χ0) is 14.4. The number of benzene rings is 1. The van der Waals surface area contributed by atoms with Crippen LogP contribution in [0.25, 0.3) is 0 Å². The van der Waals surface area contributed by atoms with E-state index in [9.17, 15) is 9.90 Å². The number of carbonyl (C=O) groups is 1. The van der Waals surface area contributed by atoms with Crippen LogP contribution in [0.2, 0.25) is 0 Å². The molecule has 5 nitrogen and oxygen atoms in total. The lowest BCUT2D eigenvalue weighted by molar-refractivity contribution is 0.0968. The fourth-order valence-corrected chi connectivity index (χ4v) is 1.57. The number of ketones is 1. The summed E-state index contributed by atoms with van der Waals surface area (Å²) in [4.78, 5) is 11.5. The second-order valence-corrected chi connectivity index (χ2v) is 4.84. The van der Waals surface area contributed by atoms with Gasteiger partial charge in [-0.15, -0.1) is 0 Å². The molecule has 0 aliphatic carbocycles. The van der Waals surface area contributed by atoms with Crippen molar-refractivity contribution in [3.63, 3.8) is 0 Å². The van der Waals surface area contributed by atoms with Crippen molar-refractivity contribution in [1.29, 1.82) is 0 Å². The molecule has 1 aromatic carbocycles. The first-order valence-corrected chi connectivity index (χ1v) is 6.35. The molecular formula is C14H22N2O3. The number of hydrogen-bond acceptors (Lipinski definition) is 5. The van der Waals surface area contributed by atoms with Gasteiger partial charge in [-0.2, -0.15) is 0 Å². The van der Waals surface area contributed by atoms with Gasteiger partial charge < -0.3 is 20.9 Å². The van der Waals surface area contributed by atoms with Gasteiger partial charge in [0.15, 0.2) is 5.78 Å². The third-order valence-corrected chi connectivity index (χ3v) is 2.58. The standard InChI is InChI=1S/C14H22N2O3/c1-9(2)16-7-12(18)8-19-14-5-4-11(15)6-13(14)10(3)17/h4-6,9,12,16,18H,7-8,15H2,1-3H3. The summed E-state index contributed by atoms with van der Waals surface area (Å²) < 4.78 is 5.48. The van der Waals surface area contributed by atoms with Crippen LogP contribution >= 0.6 is 0 Å². The number of rotatable bonds is 7. The Labute approximate surface area is 113 Å². The molecule has 106 valence electrons. The van der Waals surface area contributed by atoms with E-state index < -0.39 is 6.10 Å². The molecule has 5 heteroatoms. The van der Waals surface area contributed by atoms with Gasteiger partial charge in [0.2, 0.25) is 0 Å². The van der Waals surface area contributed by atoms with Crippen LogP contribution < -0.4 is 15.8 Å². The number of carbonyl (C=O) groups excluding carboxylic acids is 1. The molecule has 19 heavy (non-hydrogen) atoms.